The fraction of sp³-hybridized carbons (Fsp3) is 0.500. The SMILES string of the molecule is CC(Nc1c(F)cccc1Br)C1(C)CC1. The Kier molecular flexibility index (Phi) is 2.75. The van der Waals surface area contributed by atoms with Gasteiger partial charge < -0.3 is 5.32 Å². The van der Waals surface area contributed by atoms with Crippen molar-refractivity contribution in [1.29, 1.82) is 0 Å². The van der Waals surface area contributed by atoms with E-state index in [2.05, 4.69) is 35.1 Å². The van der Waals surface area contributed by atoms with E-state index in [0.717, 1.165) is 4.47 Å². The molecule has 1 fully saturated rings. The molecular weight excluding hydrogens is 257 g/mol. The summed E-state index contributed by atoms with van der Waals surface area (Å²) < 4.78 is 14.3. The van der Waals surface area contributed by atoms with Gasteiger partial charge in [-0.2, -0.15) is 0 Å². The highest BCUT2D eigenvalue weighted by Crippen LogP contribution is 2.49. The maximum atomic E-state index is 13.5. The van der Waals surface area contributed by atoms with Gasteiger partial charge in [-0.25, -0.2) is 4.39 Å². The molecule has 0 spiro atoms. The van der Waals surface area contributed by atoms with Crippen molar-refractivity contribution in [2.45, 2.75) is 32.7 Å². The van der Waals surface area contributed by atoms with Crippen molar-refractivity contribution in [3.63, 3.8) is 0 Å². The Hall–Kier alpha value is -0.570. The van der Waals surface area contributed by atoms with Crippen molar-refractivity contribution >= 4 is 21.6 Å². The number of benzene rings is 1. The Morgan fingerprint density at radius 1 is 1.47 bits per heavy atom. The zero-order chi connectivity index (χ0) is 11.1. The molecule has 0 aromatic heterocycles. The van der Waals surface area contributed by atoms with Crippen LogP contribution in [0.3, 0.4) is 0 Å². The van der Waals surface area contributed by atoms with E-state index < -0.39 is 0 Å². The van der Waals surface area contributed by atoms with Gasteiger partial charge in [0.25, 0.3) is 0 Å². The summed E-state index contributed by atoms with van der Waals surface area (Å²) in [5, 5.41) is 3.26. The second kappa shape index (κ2) is 3.78. The van der Waals surface area contributed by atoms with Crippen LogP contribution in [0.2, 0.25) is 0 Å². The van der Waals surface area contributed by atoms with Crippen molar-refractivity contribution in [3.05, 3.63) is 28.5 Å². The van der Waals surface area contributed by atoms with Gasteiger partial charge in [-0.05, 0) is 53.2 Å². The van der Waals surface area contributed by atoms with E-state index in [4.69, 9.17) is 0 Å². The molecule has 2 rings (SSSR count). The molecule has 0 aliphatic heterocycles. The summed E-state index contributed by atoms with van der Waals surface area (Å²) in [5.41, 5.74) is 0.931. The van der Waals surface area contributed by atoms with Gasteiger partial charge in [0.05, 0.1) is 5.69 Å². The molecule has 0 bridgehead atoms. The molecule has 15 heavy (non-hydrogen) atoms. The number of anilines is 1. The molecular formula is C12H15BrFN. The topological polar surface area (TPSA) is 12.0 Å². The standard InChI is InChI=1S/C12H15BrFN/c1-8(12(2)6-7-12)15-11-9(13)4-3-5-10(11)14/h3-5,8,15H,6-7H2,1-2H3. The van der Waals surface area contributed by atoms with Gasteiger partial charge in [0.1, 0.15) is 5.82 Å². The molecule has 82 valence electrons. The van der Waals surface area contributed by atoms with Crippen LogP contribution in [-0.2, 0) is 0 Å². The fourth-order valence-electron chi connectivity index (χ4n) is 1.66. The first-order valence-electron chi connectivity index (χ1n) is 5.23. The maximum Gasteiger partial charge on any atom is 0.147 e. The van der Waals surface area contributed by atoms with Crippen molar-refractivity contribution in [2.24, 2.45) is 5.41 Å². The first-order valence-corrected chi connectivity index (χ1v) is 6.03. The molecule has 1 saturated carbocycles. The average Bonchev–Trinajstić information content (AvgIpc) is 2.91. The largest absolute Gasteiger partial charge is 0.379 e. The second-order valence-corrected chi connectivity index (χ2v) is 5.47. The number of hydrogen-bond donors (Lipinski definition) is 1. The molecule has 1 unspecified atom stereocenters. The Labute approximate surface area is 98.2 Å². The number of para-hydroxylation sites is 1. The van der Waals surface area contributed by atoms with Gasteiger partial charge in [-0.15, -0.1) is 0 Å². The van der Waals surface area contributed by atoms with E-state index in [9.17, 15) is 4.39 Å². The van der Waals surface area contributed by atoms with Gasteiger partial charge in [0, 0.05) is 10.5 Å². The molecule has 0 saturated heterocycles. The van der Waals surface area contributed by atoms with Crippen LogP contribution in [0.15, 0.2) is 22.7 Å². The third kappa shape index (κ3) is 2.17. The van der Waals surface area contributed by atoms with E-state index in [0.29, 0.717) is 17.1 Å². The third-order valence-electron chi connectivity index (χ3n) is 3.41. The van der Waals surface area contributed by atoms with E-state index in [1.807, 2.05) is 6.07 Å². The molecule has 0 amide bonds. The van der Waals surface area contributed by atoms with Crippen LogP contribution in [-0.4, -0.2) is 6.04 Å². The Balaban J connectivity index is 2.16. The monoisotopic (exact) mass is 271 g/mol. The van der Waals surface area contributed by atoms with Crippen LogP contribution in [0, 0.1) is 11.2 Å². The van der Waals surface area contributed by atoms with Crippen LogP contribution in [0.5, 0.6) is 0 Å². The number of halogens is 2. The van der Waals surface area contributed by atoms with Crippen LogP contribution in [0.1, 0.15) is 26.7 Å². The summed E-state index contributed by atoms with van der Waals surface area (Å²) in [6.45, 7) is 4.35. The van der Waals surface area contributed by atoms with Gasteiger partial charge in [-0.3, -0.25) is 0 Å². The lowest BCUT2D eigenvalue weighted by Gasteiger charge is -2.22. The summed E-state index contributed by atoms with van der Waals surface area (Å²) in [6, 6.07) is 5.35. The first kappa shape index (κ1) is 10.9. The summed E-state index contributed by atoms with van der Waals surface area (Å²) in [6.07, 6.45) is 2.46. The Morgan fingerprint density at radius 2 is 2.13 bits per heavy atom. The Bertz CT molecular complexity index is 354. The Morgan fingerprint density at radius 3 is 2.67 bits per heavy atom. The van der Waals surface area contributed by atoms with Gasteiger partial charge in [-0.1, -0.05) is 13.0 Å². The first-order chi connectivity index (χ1) is 7.03. The number of hydrogen-bond acceptors (Lipinski definition) is 1. The fourth-order valence-corrected chi connectivity index (χ4v) is 2.11. The summed E-state index contributed by atoms with van der Waals surface area (Å²) in [4.78, 5) is 0. The molecule has 1 aromatic carbocycles. The van der Waals surface area contributed by atoms with Crippen LogP contribution in [0.25, 0.3) is 0 Å². The van der Waals surface area contributed by atoms with E-state index in [1.54, 1.807) is 6.07 Å². The quantitative estimate of drug-likeness (QED) is 0.870. The van der Waals surface area contributed by atoms with Gasteiger partial charge >= 0.3 is 0 Å². The van der Waals surface area contributed by atoms with Crippen LogP contribution >= 0.6 is 15.9 Å². The third-order valence-corrected chi connectivity index (χ3v) is 4.07. The van der Waals surface area contributed by atoms with Crippen molar-refractivity contribution < 1.29 is 4.39 Å². The van der Waals surface area contributed by atoms with Crippen molar-refractivity contribution in [2.75, 3.05) is 5.32 Å². The highest BCUT2D eigenvalue weighted by Gasteiger charge is 2.42. The molecule has 1 aromatic rings. The number of nitrogens with one attached hydrogen (secondary N) is 1. The molecule has 1 atom stereocenters. The molecule has 1 aliphatic rings. The summed E-state index contributed by atoms with van der Waals surface area (Å²) >= 11 is 3.36. The lowest BCUT2D eigenvalue weighted by Crippen LogP contribution is -2.25. The lowest BCUT2D eigenvalue weighted by molar-refractivity contribution is 0.489. The minimum absolute atomic E-state index is 0.194. The van der Waals surface area contributed by atoms with E-state index in [-0.39, 0.29) is 5.82 Å². The molecule has 3 heteroatoms. The van der Waals surface area contributed by atoms with Crippen LogP contribution < -0.4 is 5.32 Å². The minimum Gasteiger partial charge on any atom is -0.379 e. The average molecular weight is 272 g/mol. The number of rotatable bonds is 3. The minimum atomic E-state index is -0.194. The van der Waals surface area contributed by atoms with Crippen molar-refractivity contribution in [3.8, 4) is 0 Å². The molecule has 0 radical (unpaired) electrons. The molecule has 1 nitrogen and oxygen atoms in total. The zero-order valence-corrected chi connectivity index (χ0v) is 10.6. The second-order valence-electron chi connectivity index (χ2n) is 4.62. The van der Waals surface area contributed by atoms with Gasteiger partial charge in [0.15, 0.2) is 0 Å². The predicted molar refractivity (Wildman–Crippen MR) is 64.5 cm³/mol. The highest BCUT2D eigenvalue weighted by atomic mass is 79.9. The lowest BCUT2D eigenvalue weighted by atomic mass is 10.0. The molecule has 0 heterocycles. The normalized spacial score (nSPS) is 19.7. The smallest absolute Gasteiger partial charge is 0.147 e. The van der Waals surface area contributed by atoms with E-state index in [1.165, 1.54) is 18.9 Å². The highest BCUT2D eigenvalue weighted by molar-refractivity contribution is 9.10. The summed E-state index contributed by atoms with van der Waals surface area (Å²) in [7, 11) is 0. The summed E-state index contributed by atoms with van der Waals surface area (Å²) in [5.74, 6) is -0.194. The molecule has 1 N–H and O–H groups in total. The van der Waals surface area contributed by atoms with Crippen molar-refractivity contribution in [1.82, 2.24) is 0 Å². The van der Waals surface area contributed by atoms with E-state index >= 15 is 0 Å². The predicted octanol–water partition coefficient (Wildman–Crippen LogP) is 4.19. The maximum absolute atomic E-state index is 13.5. The zero-order valence-electron chi connectivity index (χ0n) is 8.98. The van der Waals surface area contributed by atoms with Gasteiger partial charge in [0.2, 0.25) is 0 Å². The van der Waals surface area contributed by atoms with Crippen LogP contribution in [0.4, 0.5) is 10.1 Å². The molecule has 1 aliphatic carbocycles.